The first-order valence-electron chi connectivity index (χ1n) is 6.25. The lowest BCUT2D eigenvalue weighted by molar-refractivity contribution is -0.112. The van der Waals surface area contributed by atoms with Crippen molar-refractivity contribution in [2.24, 2.45) is 0 Å². The summed E-state index contributed by atoms with van der Waals surface area (Å²) in [4.78, 5) is 24.1. The summed E-state index contributed by atoms with van der Waals surface area (Å²) in [5.41, 5.74) is 1.94. The molecule has 0 bridgehead atoms. The number of para-hydroxylation sites is 1. The summed E-state index contributed by atoms with van der Waals surface area (Å²) < 4.78 is 0. The van der Waals surface area contributed by atoms with E-state index in [0.717, 1.165) is 0 Å². The minimum Gasteiger partial charge on any atom is -0.322 e. The first-order valence-corrected chi connectivity index (χ1v) is 6.25. The van der Waals surface area contributed by atoms with E-state index in [0.29, 0.717) is 22.4 Å². The van der Waals surface area contributed by atoms with Crippen LogP contribution < -0.4 is 5.32 Å². The molecule has 0 spiro atoms. The number of nitrogens with one attached hydrogen (secondary N) is 1. The topological polar surface area (TPSA) is 46.2 Å². The van der Waals surface area contributed by atoms with E-state index in [1.165, 1.54) is 0 Å². The van der Waals surface area contributed by atoms with Crippen LogP contribution in [0.2, 0.25) is 0 Å². The lowest BCUT2D eigenvalue weighted by Gasteiger charge is -2.10. The quantitative estimate of drug-likeness (QED) is 0.680. The SMILES string of the molecule is C=C(C)C(=O)Nc1ccccc1C(=O)c1ccccc1. The van der Waals surface area contributed by atoms with Crippen LogP contribution in [0.5, 0.6) is 0 Å². The Morgan fingerprint density at radius 3 is 2.20 bits per heavy atom. The second kappa shape index (κ2) is 5.97. The van der Waals surface area contributed by atoms with E-state index >= 15 is 0 Å². The molecule has 1 amide bonds. The monoisotopic (exact) mass is 265 g/mol. The van der Waals surface area contributed by atoms with Gasteiger partial charge in [0.15, 0.2) is 5.78 Å². The molecule has 0 heterocycles. The summed E-state index contributed by atoms with van der Waals surface area (Å²) in [5, 5.41) is 2.70. The zero-order valence-electron chi connectivity index (χ0n) is 11.2. The first-order chi connectivity index (χ1) is 9.59. The van der Waals surface area contributed by atoms with E-state index < -0.39 is 0 Å². The number of hydrogen-bond acceptors (Lipinski definition) is 2. The Hall–Kier alpha value is -2.68. The van der Waals surface area contributed by atoms with Gasteiger partial charge in [-0.1, -0.05) is 49.0 Å². The fourth-order valence-corrected chi connectivity index (χ4v) is 1.76. The molecule has 3 heteroatoms. The zero-order chi connectivity index (χ0) is 14.5. The van der Waals surface area contributed by atoms with Crippen LogP contribution in [0.25, 0.3) is 0 Å². The van der Waals surface area contributed by atoms with Crippen molar-refractivity contribution in [3.05, 3.63) is 77.9 Å². The van der Waals surface area contributed by atoms with Gasteiger partial charge in [0.2, 0.25) is 0 Å². The van der Waals surface area contributed by atoms with E-state index in [4.69, 9.17) is 0 Å². The number of carbonyl (C=O) groups is 2. The Bertz CT molecular complexity index is 660. The van der Waals surface area contributed by atoms with E-state index in [9.17, 15) is 9.59 Å². The molecule has 0 fully saturated rings. The second-order valence-corrected chi connectivity index (χ2v) is 4.48. The first kappa shape index (κ1) is 13.7. The Labute approximate surface area is 117 Å². The average Bonchev–Trinajstić information content (AvgIpc) is 2.48. The maximum absolute atomic E-state index is 12.4. The van der Waals surface area contributed by atoms with Crippen molar-refractivity contribution in [3.63, 3.8) is 0 Å². The molecule has 2 aromatic carbocycles. The Balaban J connectivity index is 2.35. The smallest absolute Gasteiger partial charge is 0.250 e. The van der Waals surface area contributed by atoms with Crippen molar-refractivity contribution in [1.29, 1.82) is 0 Å². The van der Waals surface area contributed by atoms with E-state index in [-0.39, 0.29) is 11.7 Å². The molecular formula is C17H15NO2. The summed E-state index contributed by atoms with van der Waals surface area (Å²) >= 11 is 0. The third-order valence-corrected chi connectivity index (χ3v) is 2.84. The van der Waals surface area contributed by atoms with Crippen LogP contribution in [0.1, 0.15) is 22.8 Å². The van der Waals surface area contributed by atoms with Crippen molar-refractivity contribution in [1.82, 2.24) is 0 Å². The molecule has 20 heavy (non-hydrogen) atoms. The Kier molecular flexibility index (Phi) is 4.11. The highest BCUT2D eigenvalue weighted by atomic mass is 16.1. The molecule has 0 atom stereocenters. The minimum absolute atomic E-state index is 0.122. The van der Waals surface area contributed by atoms with Crippen molar-refractivity contribution in [2.75, 3.05) is 5.32 Å². The van der Waals surface area contributed by atoms with Gasteiger partial charge in [0, 0.05) is 16.7 Å². The molecule has 1 N–H and O–H groups in total. The average molecular weight is 265 g/mol. The molecule has 2 aromatic rings. The highest BCUT2D eigenvalue weighted by molar-refractivity contribution is 6.15. The Morgan fingerprint density at radius 2 is 1.55 bits per heavy atom. The van der Waals surface area contributed by atoms with Crippen molar-refractivity contribution >= 4 is 17.4 Å². The fraction of sp³-hybridized carbons (Fsp3) is 0.0588. The predicted octanol–water partition coefficient (Wildman–Crippen LogP) is 3.43. The van der Waals surface area contributed by atoms with Gasteiger partial charge in [0.1, 0.15) is 0 Å². The van der Waals surface area contributed by atoms with Crippen molar-refractivity contribution in [2.45, 2.75) is 6.92 Å². The zero-order valence-corrected chi connectivity index (χ0v) is 11.2. The molecule has 0 aromatic heterocycles. The molecule has 0 saturated carbocycles. The number of benzene rings is 2. The summed E-state index contributed by atoms with van der Waals surface area (Å²) in [6, 6.07) is 15.9. The molecule has 0 aliphatic rings. The molecule has 2 rings (SSSR count). The van der Waals surface area contributed by atoms with Gasteiger partial charge in [0.25, 0.3) is 5.91 Å². The molecule has 0 radical (unpaired) electrons. The van der Waals surface area contributed by atoms with Gasteiger partial charge in [-0.3, -0.25) is 9.59 Å². The number of ketones is 1. The normalized spacial score (nSPS) is 9.85. The van der Waals surface area contributed by atoms with E-state index in [2.05, 4.69) is 11.9 Å². The second-order valence-electron chi connectivity index (χ2n) is 4.48. The molecule has 0 aliphatic heterocycles. The van der Waals surface area contributed by atoms with Gasteiger partial charge < -0.3 is 5.32 Å². The van der Waals surface area contributed by atoms with Crippen LogP contribution in [0.3, 0.4) is 0 Å². The van der Waals surface area contributed by atoms with Gasteiger partial charge in [-0.15, -0.1) is 0 Å². The van der Waals surface area contributed by atoms with Gasteiger partial charge >= 0.3 is 0 Å². The third-order valence-electron chi connectivity index (χ3n) is 2.84. The number of hydrogen-bond donors (Lipinski definition) is 1. The van der Waals surface area contributed by atoms with Crippen LogP contribution >= 0.6 is 0 Å². The van der Waals surface area contributed by atoms with Gasteiger partial charge in [-0.05, 0) is 19.1 Å². The minimum atomic E-state index is -0.293. The van der Waals surface area contributed by atoms with E-state index in [1.54, 1.807) is 43.3 Å². The number of carbonyl (C=O) groups excluding carboxylic acids is 2. The van der Waals surface area contributed by atoms with Crippen molar-refractivity contribution < 1.29 is 9.59 Å². The van der Waals surface area contributed by atoms with Crippen LogP contribution in [-0.2, 0) is 4.79 Å². The summed E-state index contributed by atoms with van der Waals surface area (Å²) in [7, 11) is 0. The molecule has 3 nitrogen and oxygen atoms in total. The number of anilines is 1. The summed E-state index contributed by atoms with van der Waals surface area (Å²) in [6.45, 7) is 5.21. The predicted molar refractivity (Wildman–Crippen MR) is 79.8 cm³/mol. The van der Waals surface area contributed by atoms with Gasteiger partial charge in [0.05, 0.1) is 5.69 Å². The third kappa shape index (κ3) is 3.01. The van der Waals surface area contributed by atoms with Gasteiger partial charge in [-0.2, -0.15) is 0 Å². The fourth-order valence-electron chi connectivity index (χ4n) is 1.76. The summed E-state index contributed by atoms with van der Waals surface area (Å²) in [5.74, 6) is -0.415. The highest BCUT2D eigenvalue weighted by Gasteiger charge is 2.14. The number of rotatable bonds is 4. The summed E-state index contributed by atoms with van der Waals surface area (Å²) in [6.07, 6.45) is 0. The largest absolute Gasteiger partial charge is 0.322 e. The molecule has 0 unspecified atom stereocenters. The maximum atomic E-state index is 12.4. The lowest BCUT2D eigenvalue weighted by Crippen LogP contribution is -2.15. The number of amides is 1. The standard InChI is InChI=1S/C17H15NO2/c1-12(2)17(20)18-15-11-7-6-10-14(15)16(19)13-8-4-3-5-9-13/h3-11H,1H2,2H3,(H,18,20). The molecular weight excluding hydrogens is 250 g/mol. The van der Waals surface area contributed by atoms with Crippen LogP contribution in [0, 0.1) is 0 Å². The van der Waals surface area contributed by atoms with Crippen LogP contribution in [0.15, 0.2) is 66.7 Å². The van der Waals surface area contributed by atoms with Crippen molar-refractivity contribution in [3.8, 4) is 0 Å². The molecule has 100 valence electrons. The Morgan fingerprint density at radius 1 is 0.950 bits per heavy atom. The van der Waals surface area contributed by atoms with Gasteiger partial charge in [-0.25, -0.2) is 0 Å². The molecule has 0 saturated heterocycles. The van der Waals surface area contributed by atoms with Crippen LogP contribution in [0.4, 0.5) is 5.69 Å². The maximum Gasteiger partial charge on any atom is 0.250 e. The van der Waals surface area contributed by atoms with E-state index in [1.807, 2.05) is 18.2 Å². The molecule has 0 aliphatic carbocycles. The lowest BCUT2D eigenvalue weighted by atomic mass is 10.0. The van der Waals surface area contributed by atoms with Crippen LogP contribution in [-0.4, -0.2) is 11.7 Å². The highest BCUT2D eigenvalue weighted by Crippen LogP contribution is 2.19.